The predicted octanol–water partition coefficient (Wildman–Crippen LogP) is 5.11. The Balaban J connectivity index is 2.40. The molecule has 0 aliphatic carbocycles. The van der Waals surface area contributed by atoms with E-state index in [1.807, 2.05) is 0 Å². The van der Waals surface area contributed by atoms with Gasteiger partial charge in [-0.25, -0.2) is 4.39 Å². The van der Waals surface area contributed by atoms with Crippen LogP contribution in [0.3, 0.4) is 0 Å². The zero-order valence-corrected chi connectivity index (χ0v) is 11.2. The first kappa shape index (κ1) is 13.3. The Morgan fingerprint density at radius 3 is 2.39 bits per heavy atom. The molecule has 0 heterocycles. The zero-order chi connectivity index (χ0) is 13.3. The van der Waals surface area contributed by atoms with Crippen molar-refractivity contribution in [3.63, 3.8) is 0 Å². The van der Waals surface area contributed by atoms with Gasteiger partial charge in [-0.2, -0.15) is 0 Å². The lowest BCUT2D eigenvalue weighted by atomic mass is 10.2. The fourth-order valence-corrected chi connectivity index (χ4v) is 1.92. The van der Waals surface area contributed by atoms with Crippen LogP contribution in [-0.2, 0) is 0 Å². The molecule has 0 aliphatic heterocycles. The summed E-state index contributed by atoms with van der Waals surface area (Å²) < 4.78 is 13.4. The molecule has 0 aliphatic rings. The number of anilines is 3. The highest BCUT2D eigenvalue weighted by Gasteiger charge is 2.08. The highest BCUT2D eigenvalue weighted by Crippen LogP contribution is 2.32. The number of nitrogens with one attached hydrogen (secondary N) is 1. The third-order valence-electron chi connectivity index (χ3n) is 2.29. The molecule has 0 spiro atoms. The number of nitrogen functional groups attached to an aromatic ring is 1. The normalized spacial score (nSPS) is 10.4. The molecule has 2 aromatic rings. The van der Waals surface area contributed by atoms with Crippen LogP contribution >= 0.6 is 34.8 Å². The molecule has 18 heavy (non-hydrogen) atoms. The van der Waals surface area contributed by atoms with Crippen LogP contribution in [0.5, 0.6) is 0 Å². The number of hydrogen-bond acceptors (Lipinski definition) is 2. The van der Waals surface area contributed by atoms with Crippen LogP contribution in [-0.4, -0.2) is 0 Å². The Kier molecular flexibility index (Phi) is 3.85. The van der Waals surface area contributed by atoms with E-state index in [9.17, 15) is 4.39 Å². The van der Waals surface area contributed by atoms with E-state index in [0.717, 1.165) is 0 Å². The Morgan fingerprint density at radius 1 is 0.944 bits per heavy atom. The Labute approximate surface area is 118 Å². The molecule has 3 N–H and O–H groups in total. The van der Waals surface area contributed by atoms with Gasteiger partial charge in [0.25, 0.3) is 0 Å². The molecule has 0 atom stereocenters. The van der Waals surface area contributed by atoms with Gasteiger partial charge < -0.3 is 11.1 Å². The standard InChI is InChI=1S/C12H8Cl3FN2/c13-6-1-2-7(14)11(3-6)18-12-5-9(16)8(15)4-10(12)17/h1-5,18H,17H2. The highest BCUT2D eigenvalue weighted by atomic mass is 35.5. The predicted molar refractivity (Wildman–Crippen MR) is 75.6 cm³/mol. The van der Waals surface area contributed by atoms with Crippen LogP contribution in [0.25, 0.3) is 0 Å². The van der Waals surface area contributed by atoms with E-state index in [1.165, 1.54) is 12.1 Å². The van der Waals surface area contributed by atoms with E-state index in [-0.39, 0.29) is 5.02 Å². The summed E-state index contributed by atoms with van der Waals surface area (Å²) in [5, 5.41) is 3.84. The van der Waals surface area contributed by atoms with Gasteiger partial charge in [0.1, 0.15) is 5.82 Å². The molecule has 2 nitrogen and oxygen atoms in total. The Morgan fingerprint density at radius 2 is 1.67 bits per heavy atom. The van der Waals surface area contributed by atoms with Crippen molar-refractivity contribution in [1.29, 1.82) is 0 Å². The molecule has 0 aromatic heterocycles. The Bertz CT molecular complexity index is 602. The van der Waals surface area contributed by atoms with Crippen molar-refractivity contribution in [1.82, 2.24) is 0 Å². The van der Waals surface area contributed by atoms with Crippen molar-refractivity contribution in [2.75, 3.05) is 11.1 Å². The molecule has 0 radical (unpaired) electrons. The number of hydrogen-bond donors (Lipinski definition) is 2. The minimum Gasteiger partial charge on any atom is -0.397 e. The van der Waals surface area contributed by atoms with E-state index in [2.05, 4.69) is 5.32 Å². The monoisotopic (exact) mass is 304 g/mol. The highest BCUT2D eigenvalue weighted by molar-refractivity contribution is 6.35. The fourth-order valence-electron chi connectivity index (χ4n) is 1.41. The van der Waals surface area contributed by atoms with Crippen LogP contribution < -0.4 is 11.1 Å². The van der Waals surface area contributed by atoms with Crippen molar-refractivity contribution < 1.29 is 4.39 Å². The van der Waals surface area contributed by atoms with Gasteiger partial charge in [0, 0.05) is 11.1 Å². The van der Waals surface area contributed by atoms with Crippen LogP contribution in [0, 0.1) is 5.82 Å². The van der Waals surface area contributed by atoms with Crippen LogP contribution in [0.1, 0.15) is 0 Å². The van der Waals surface area contributed by atoms with Crippen LogP contribution in [0.15, 0.2) is 30.3 Å². The summed E-state index contributed by atoms with van der Waals surface area (Å²) in [5.74, 6) is -0.563. The number of halogens is 4. The molecule has 0 amide bonds. The molecule has 0 saturated carbocycles. The molecule has 0 saturated heterocycles. The second kappa shape index (κ2) is 5.22. The maximum absolute atomic E-state index is 13.4. The number of nitrogens with two attached hydrogens (primary N) is 1. The summed E-state index contributed by atoms with van der Waals surface area (Å²) in [6.07, 6.45) is 0. The average Bonchev–Trinajstić information content (AvgIpc) is 2.30. The maximum atomic E-state index is 13.4. The smallest absolute Gasteiger partial charge is 0.144 e. The molecule has 2 aromatic carbocycles. The zero-order valence-electron chi connectivity index (χ0n) is 8.98. The quantitative estimate of drug-likeness (QED) is 0.756. The molecular formula is C12H8Cl3FN2. The summed E-state index contributed by atoms with van der Waals surface area (Å²) >= 11 is 17.5. The van der Waals surface area contributed by atoms with Gasteiger partial charge in [0.15, 0.2) is 0 Å². The first-order chi connectivity index (χ1) is 8.47. The third kappa shape index (κ3) is 2.80. The molecule has 0 fully saturated rings. The van der Waals surface area contributed by atoms with E-state index in [0.29, 0.717) is 27.1 Å². The topological polar surface area (TPSA) is 38.0 Å². The van der Waals surface area contributed by atoms with Crippen molar-refractivity contribution in [3.05, 3.63) is 51.2 Å². The van der Waals surface area contributed by atoms with Gasteiger partial charge in [-0.1, -0.05) is 34.8 Å². The second-order valence-corrected chi connectivity index (χ2v) is 4.85. The molecule has 6 heteroatoms. The summed E-state index contributed by atoms with van der Waals surface area (Å²) in [5.41, 5.74) is 6.97. The molecule has 0 bridgehead atoms. The SMILES string of the molecule is Nc1cc(Cl)c(F)cc1Nc1cc(Cl)ccc1Cl. The minimum absolute atomic E-state index is 0.0322. The number of benzene rings is 2. The van der Waals surface area contributed by atoms with E-state index in [4.69, 9.17) is 40.5 Å². The van der Waals surface area contributed by atoms with E-state index in [1.54, 1.807) is 18.2 Å². The second-order valence-electron chi connectivity index (χ2n) is 3.60. The van der Waals surface area contributed by atoms with Crippen LogP contribution in [0.2, 0.25) is 15.1 Å². The van der Waals surface area contributed by atoms with Gasteiger partial charge in [0.05, 0.1) is 27.1 Å². The van der Waals surface area contributed by atoms with E-state index < -0.39 is 5.82 Å². The summed E-state index contributed by atoms with van der Waals surface area (Å²) in [7, 11) is 0. The summed E-state index contributed by atoms with van der Waals surface area (Å²) in [6.45, 7) is 0. The first-order valence-corrected chi connectivity index (χ1v) is 6.07. The lowest BCUT2D eigenvalue weighted by Crippen LogP contribution is -1.98. The molecule has 0 unspecified atom stereocenters. The van der Waals surface area contributed by atoms with Gasteiger partial charge >= 0.3 is 0 Å². The van der Waals surface area contributed by atoms with Crippen molar-refractivity contribution in [2.45, 2.75) is 0 Å². The third-order valence-corrected chi connectivity index (χ3v) is 3.14. The largest absolute Gasteiger partial charge is 0.397 e. The van der Waals surface area contributed by atoms with Crippen molar-refractivity contribution >= 4 is 51.9 Å². The minimum atomic E-state index is -0.563. The number of rotatable bonds is 2. The maximum Gasteiger partial charge on any atom is 0.144 e. The van der Waals surface area contributed by atoms with Crippen molar-refractivity contribution in [2.24, 2.45) is 0 Å². The van der Waals surface area contributed by atoms with Crippen molar-refractivity contribution in [3.8, 4) is 0 Å². The summed E-state index contributed by atoms with van der Waals surface area (Å²) in [4.78, 5) is 0. The molecular weight excluding hydrogens is 298 g/mol. The van der Waals surface area contributed by atoms with E-state index >= 15 is 0 Å². The van der Waals surface area contributed by atoms with Gasteiger partial charge in [-0.3, -0.25) is 0 Å². The van der Waals surface area contributed by atoms with Gasteiger partial charge in [0.2, 0.25) is 0 Å². The van der Waals surface area contributed by atoms with Gasteiger partial charge in [-0.05, 0) is 24.3 Å². The lowest BCUT2D eigenvalue weighted by molar-refractivity contribution is 0.629. The molecule has 2 rings (SSSR count). The first-order valence-electron chi connectivity index (χ1n) is 4.94. The Hall–Kier alpha value is -1.16. The fraction of sp³-hybridized carbons (Fsp3) is 0. The van der Waals surface area contributed by atoms with Gasteiger partial charge in [-0.15, -0.1) is 0 Å². The lowest BCUT2D eigenvalue weighted by Gasteiger charge is -2.12. The molecule has 94 valence electrons. The summed E-state index contributed by atoms with van der Waals surface area (Å²) in [6, 6.07) is 7.44. The van der Waals surface area contributed by atoms with Crippen LogP contribution in [0.4, 0.5) is 21.5 Å². The average molecular weight is 306 g/mol.